The van der Waals surface area contributed by atoms with Crippen molar-refractivity contribution in [1.82, 2.24) is 15.5 Å². The van der Waals surface area contributed by atoms with Crippen LogP contribution in [-0.2, 0) is 6.42 Å². The highest BCUT2D eigenvalue weighted by Crippen LogP contribution is 2.23. The second-order valence-electron chi connectivity index (χ2n) is 8.30. The van der Waals surface area contributed by atoms with Crippen LogP contribution in [0, 0.1) is 0 Å². The Balaban J connectivity index is 1.41. The topological polar surface area (TPSA) is 122 Å². The Hall–Kier alpha value is -3.36. The van der Waals surface area contributed by atoms with E-state index in [9.17, 15) is 9.90 Å². The normalized spacial score (nSPS) is 12.3. The maximum Gasteiger partial charge on any atom is 0.248 e. The number of nitrogens with zero attached hydrogens (tertiary/aromatic N) is 1. The summed E-state index contributed by atoms with van der Waals surface area (Å²) in [5.41, 5.74) is 6.75. The van der Waals surface area contributed by atoms with E-state index < -0.39 is 12.0 Å². The van der Waals surface area contributed by atoms with Crippen LogP contribution in [-0.4, -0.2) is 46.0 Å². The summed E-state index contributed by atoms with van der Waals surface area (Å²) < 4.78 is 11.3. The lowest BCUT2D eigenvalue weighted by atomic mass is 9.95. The van der Waals surface area contributed by atoms with Crippen molar-refractivity contribution in [3.63, 3.8) is 0 Å². The van der Waals surface area contributed by atoms with Gasteiger partial charge in [0.05, 0.1) is 12.4 Å². The molecule has 1 aromatic heterocycles. The molecular weight excluding hydrogens is 408 g/mol. The first-order chi connectivity index (χ1) is 15.3. The Labute approximate surface area is 187 Å². The zero-order chi connectivity index (χ0) is 23.0. The van der Waals surface area contributed by atoms with E-state index in [1.165, 1.54) is 5.56 Å². The van der Waals surface area contributed by atoms with E-state index in [0.717, 1.165) is 18.6 Å². The Morgan fingerprint density at radius 3 is 2.38 bits per heavy atom. The fourth-order valence-electron chi connectivity index (χ4n) is 3.06. The summed E-state index contributed by atoms with van der Waals surface area (Å²) in [5, 5.41) is 20.0. The van der Waals surface area contributed by atoms with Crippen LogP contribution in [0.15, 0.2) is 60.9 Å². The van der Waals surface area contributed by atoms with Gasteiger partial charge in [0.15, 0.2) is 5.75 Å². The molecule has 0 aliphatic rings. The monoisotopic (exact) mass is 438 g/mol. The summed E-state index contributed by atoms with van der Waals surface area (Å²) in [4.78, 5) is 11.1. The zero-order valence-electron chi connectivity index (χ0n) is 18.4. The second kappa shape index (κ2) is 10.8. The fraction of sp³-hybridized carbons (Fsp3) is 0.333. The lowest BCUT2D eigenvalue weighted by Crippen LogP contribution is -2.45. The van der Waals surface area contributed by atoms with Crippen molar-refractivity contribution in [2.45, 2.75) is 38.3 Å². The standard InChI is InChI=1S/C24H30N4O4/c1-24(2,26-13-19(29)16-31-22-14-27-28-15-22)12-11-17-3-7-20(8-4-17)32-21-9-5-18(6-10-21)23(25)30/h3-10,14-15,19,26,29H,11-13,16H2,1-2H3,(H2,25,30)(H,27,28). The molecular formula is C24H30N4O4. The first-order valence-corrected chi connectivity index (χ1v) is 10.5. The molecule has 0 aliphatic carbocycles. The summed E-state index contributed by atoms with van der Waals surface area (Å²) >= 11 is 0. The molecule has 32 heavy (non-hydrogen) atoms. The molecule has 0 saturated heterocycles. The molecule has 1 atom stereocenters. The molecule has 3 rings (SSSR count). The number of hydrogen-bond acceptors (Lipinski definition) is 6. The second-order valence-corrected chi connectivity index (χ2v) is 8.30. The van der Waals surface area contributed by atoms with Crippen LogP contribution in [0.3, 0.4) is 0 Å². The van der Waals surface area contributed by atoms with Gasteiger partial charge in [0, 0.05) is 17.6 Å². The van der Waals surface area contributed by atoms with Gasteiger partial charge in [-0.2, -0.15) is 5.10 Å². The number of benzene rings is 2. The van der Waals surface area contributed by atoms with Crippen molar-refractivity contribution < 1.29 is 19.4 Å². The third kappa shape index (κ3) is 7.40. The van der Waals surface area contributed by atoms with Crippen molar-refractivity contribution in [2.75, 3.05) is 13.2 Å². The van der Waals surface area contributed by atoms with E-state index in [1.807, 2.05) is 24.3 Å². The summed E-state index contributed by atoms with van der Waals surface area (Å²) in [7, 11) is 0. The van der Waals surface area contributed by atoms with Crippen LogP contribution in [0.25, 0.3) is 0 Å². The van der Waals surface area contributed by atoms with Gasteiger partial charge in [0.2, 0.25) is 5.91 Å². The number of amides is 1. The molecule has 0 fully saturated rings. The average molecular weight is 439 g/mol. The van der Waals surface area contributed by atoms with E-state index in [1.54, 1.807) is 36.7 Å². The minimum atomic E-state index is -0.613. The lowest BCUT2D eigenvalue weighted by Gasteiger charge is -2.28. The van der Waals surface area contributed by atoms with Crippen LogP contribution < -0.4 is 20.5 Å². The molecule has 0 spiro atoms. The zero-order valence-corrected chi connectivity index (χ0v) is 18.4. The molecule has 5 N–H and O–H groups in total. The highest BCUT2D eigenvalue weighted by Gasteiger charge is 2.19. The number of primary amides is 1. The number of aromatic nitrogens is 2. The van der Waals surface area contributed by atoms with Crippen molar-refractivity contribution in [3.8, 4) is 17.2 Å². The van der Waals surface area contributed by atoms with Gasteiger partial charge in [-0.3, -0.25) is 9.89 Å². The molecule has 0 aliphatic heterocycles. The van der Waals surface area contributed by atoms with Crippen molar-refractivity contribution >= 4 is 5.91 Å². The van der Waals surface area contributed by atoms with Crippen molar-refractivity contribution in [2.24, 2.45) is 5.73 Å². The number of rotatable bonds is 12. The average Bonchev–Trinajstić information content (AvgIpc) is 3.30. The van der Waals surface area contributed by atoms with Gasteiger partial charge in [-0.1, -0.05) is 12.1 Å². The van der Waals surface area contributed by atoms with Gasteiger partial charge in [0.25, 0.3) is 0 Å². The minimum Gasteiger partial charge on any atom is -0.488 e. The Kier molecular flexibility index (Phi) is 7.86. The van der Waals surface area contributed by atoms with E-state index in [2.05, 4.69) is 29.4 Å². The number of aliphatic hydroxyl groups excluding tert-OH is 1. The molecule has 1 unspecified atom stereocenters. The Bertz CT molecular complexity index is 970. The van der Waals surface area contributed by atoms with Gasteiger partial charge in [-0.15, -0.1) is 0 Å². The van der Waals surface area contributed by atoms with E-state index in [4.69, 9.17) is 15.2 Å². The van der Waals surface area contributed by atoms with Crippen LogP contribution in [0.5, 0.6) is 17.2 Å². The summed E-state index contributed by atoms with van der Waals surface area (Å²) in [6, 6.07) is 14.6. The molecule has 8 nitrogen and oxygen atoms in total. The minimum absolute atomic E-state index is 0.145. The smallest absolute Gasteiger partial charge is 0.248 e. The quantitative estimate of drug-likeness (QED) is 0.345. The maximum absolute atomic E-state index is 11.1. The number of aromatic amines is 1. The number of carbonyl (C=O) groups is 1. The third-order valence-corrected chi connectivity index (χ3v) is 5.07. The van der Waals surface area contributed by atoms with Gasteiger partial charge < -0.3 is 25.6 Å². The Morgan fingerprint density at radius 1 is 1.12 bits per heavy atom. The largest absolute Gasteiger partial charge is 0.488 e. The van der Waals surface area contributed by atoms with Crippen LogP contribution in [0.1, 0.15) is 36.2 Å². The highest BCUT2D eigenvalue weighted by molar-refractivity contribution is 5.92. The Morgan fingerprint density at radius 2 is 1.78 bits per heavy atom. The lowest BCUT2D eigenvalue weighted by molar-refractivity contribution is 0.0982. The predicted molar refractivity (Wildman–Crippen MR) is 122 cm³/mol. The summed E-state index contributed by atoms with van der Waals surface area (Å²) in [6.45, 7) is 4.87. The van der Waals surface area contributed by atoms with Crippen molar-refractivity contribution in [1.29, 1.82) is 0 Å². The number of carbonyl (C=O) groups excluding carboxylic acids is 1. The molecule has 8 heteroatoms. The molecule has 1 heterocycles. The number of aryl methyl sites for hydroxylation is 1. The first kappa shape index (κ1) is 23.3. The van der Waals surface area contributed by atoms with E-state index in [0.29, 0.717) is 23.6 Å². The number of nitrogens with two attached hydrogens (primary N) is 1. The molecule has 0 bridgehead atoms. The molecule has 1 amide bonds. The van der Waals surface area contributed by atoms with Gasteiger partial charge in [-0.25, -0.2) is 0 Å². The molecule has 0 saturated carbocycles. The molecule has 2 aromatic carbocycles. The fourth-order valence-corrected chi connectivity index (χ4v) is 3.06. The summed E-state index contributed by atoms with van der Waals surface area (Å²) in [5.74, 6) is 1.51. The van der Waals surface area contributed by atoms with Gasteiger partial charge in [0.1, 0.15) is 24.2 Å². The van der Waals surface area contributed by atoms with Crippen molar-refractivity contribution in [3.05, 3.63) is 72.1 Å². The molecule has 0 radical (unpaired) electrons. The van der Waals surface area contributed by atoms with E-state index in [-0.39, 0.29) is 12.1 Å². The van der Waals surface area contributed by atoms with Crippen LogP contribution in [0.2, 0.25) is 0 Å². The number of ether oxygens (including phenoxy) is 2. The number of nitrogens with one attached hydrogen (secondary N) is 2. The SMILES string of the molecule is CC(C)(CCc1ccc(Oc2ccc(C(N)=O)cc2)cc1)NCC(O)COc1cn[nH]c1. The van der Waals surface area contributed by atoms with Gasteiger partial charge >= 0.3 is 0 Å². The number of hydrogen-bond donors (Lipinski definition) is 4. The number of aliphatic hydroxyl groups is 1. The first-order valence-electron chi connectivity index (χ1n) is 10.5. The number of β-amino-alcohol motifs (C(OH)–C–C–N with tert-alkyl or cyclic N) is 1. The van der Waals surface area contributed by atoms with E-state index >= 15 is 0 Å². The van der Waals surface area contributed by atoms with Crippen LogP contribution >= 0.6 is 0 Å². The van der Waals surface area contributed by atoms with Crippen LogP contribution in [0.4, 0.5) is 0 Å². The predicted octanol–water partition coefficient (Wildman–Crippen LogP) is 3.04. The summed E-state index contributed by atoms with van der Waals surface area (Å²) in [6.07, 6.45) is 4.38. The molecule has 170 valence electrons. The highest BCUT2D eigenvalue weighted by atomic mass is 16.5. The number of H-pyrrole nitrogens is 1. The molecule has 3 aromatic rings. The van der Waals surface area contributed by atoms with Gasteiger partial charge in [-0.05, 0) is 68.7 Å². The third-order valence-electron chi connectivity index (χ3n) is 5.07. The maximum atomic E-state index is 11.1.